The molecule has 0 heterocycles. The molecule has 0 saturated heterocycles. The Labute approximate surface area is 105 Å². The highest BCUT2D eigenvalue weighted by Crippen LogP contribution is 2.42. The molecule has 1 aliphatic carbocycles. The first-order valence-electron chi connectivity index (χ1n) is 6.33. The quantitative estimate of drug-likeness (QED) is 0.575. The summed E-state index contributed by atoms with van der Waals surface area (Å²) in [6.07, 6.45) is 2.35. The average molecular weight is 226 g/mol. The van der Waals surface area contributed by atoms with Crippen molar-refractivity contribution in [3.05, 3.63) is 44.5 Å². The lowest BCUT2D eigenvalue weighted by atomic mass is 9.87. The zero-order valence-corrected chi connectivity index (χ0v) is 12.1. The zero-order chi connectivity index (χ0) is 12.9. The molecule has 1 aromatic carbocycles. The highest BCUT2D eigenvalue weighted by Gasteiger charge is 2.23. The molecular formula is C17H22. The van der Waals surface area contributed by atoms with Crippen LogP contribution in [0.3, 0.4) is 0 Å². The molecule has 0 aliphatic heterocycles. The highest BCUT2D eigenvalue weighted by atomic mass is 14.3. The van der Waals surface area contributed by atoms with Gasteiger partial charge in [0.05, 0.1) is 0 Å². The van der Waals surface area contributed by atoms with Crippen LogP contribution in [0.4, 0.5) is 0 Å². The molecule has 0 radical (unpaired) electrons. The number of rotatable bonds is 0. The van der Waals surface area contributed by atoms with E-state index < -0.39 is 0 Å². The van der Waals surface area contributed by atoms with Crippen molar-refractivity contribution in [2.75, 3.05) is 0 Å². The van der Waals surface area contributed by atoms with E-state index in [1.807, 2.05) is 0 Å². The number of allylic oxidation sites excluding steroid dienone is 3. The van der Waals surface area contributed by atoms with Crippen LogP contribution in [0.2, 0.25) is 0 Å². The Kier molecular flexibility index (Phi) is 2.77. The molecule has 0 nitrogen and oxygen atoms in total. The van der Waals surface area contributed by atoms with Gasteiger partial charge in [0.25, 0.3) is 0 Å². The third kappa shape index (κ3) is 1.58. The first-order chi connectivity index (χ1) is 7.86. The first kappa shape index (κ1) is 12.2. The SMILES string of the molecule is CC1=Cc2c(C)c(C)c(C)c(C)c2C1=C(C)C. The van der Waals surface area contributed by atoms with Crippen molar-refractivity contribution in [3.8, 4) is 0 Å². The van der Waals surface area contributed by atoms with Gasteiger partial charge in [-0.3, -0.25) is 0 Å². The van der Waals surface area contributed by atoms with E-state index in [-0.39, 0.29) is 0 Å². The Morgan fingerprint density at radius 2 is 1.29 bits per heavy atom. The summed E-state index contributed by atoms with van der Waals surface area (Å²) in [6, 6.07) is 0. The Morgan fingerprint density at radius 1 is 0.765 bits per heavy atom. The van der Waals surface area contributed by atoms with Gasteiger partial charge in [-0.1, -0.05) is 11.6 Å². The van der Waals surface area contributed by atoms with E-state index in [0.29, 0.717) is 0 Å². The second-order valence-corrected chi connectivity index (χ2v) is 5.49. The van der Waals surface area contributed by atoms with Gasteiger partial charge in [-0.05, 0) is 93.0 Å². The van der Waals surface area contributed by atoms with E-state index in [2.05, 4.69) is 54.5 Å². The van der Waals surface area contributed by atoms with E-state index in [9.17, 15) is 0 Å². The van der Waals surface area contributed by atoms with Crippen molar-refractivity contribution in [1.29, 1.82) is 0 Å². The molecule has 0 saturated carbocycles. The molecule has 0 heteroatoms. The fourth-order valence-electron chi connectivity index (χ4n) is 2.97. The van der Waals surface area contributed by atoms with Crippen molar-refractivity contribution >= 4 is 11.6 Å². The van der Waals surface area contributed by atoms with Crippen LogP contribution in [0.5, 0.6) is 0 Å². The Balaban J connectivity index is 2.92. The fourth-order valence-corrected chi connectivity index (χ4v) is 2.97. The molecule has 0 unspecified atom stereocenters. The van der Waals surface area contributed by atoms with Gasteiger partial charge in [0.15, 0.2) is 0 Å². The van der Waals surface area contributed by atoms with Gasteiger partial charge >= 0.3 is 0 Å². The van der Waals surface area contributed by atoms with Crippen LogP contribution in [0.1, 0.15) is 54.2 Å². The molecule has 1 aliphatic rings. The maximum absolute atomic E-state index is 2.35. The normalized spacial score (nSPS) is 13.8. The van der Waals surface area contributed by atoms with Crippen molar-refractivity contribution in [3.63, 3.8) is 0 Å². The van der Waals surface area contributed by atoms with E-state index in [4.69, 9.17) is 0 Å². The standard InChI is InChI=1S/C17H22/c1-9(2)16-10(3)8-15-13(6)11(4)12(5)14(7)17(15)16/h8H,1-7H3. The molecule has 0 atom stereocenters. The van der Waals surface area contributed by atoms with Gasteiger partial charge in [0, 0.05) is 0 Å². The molecule has 1 aromatic rings. The van der Waals surface area contributed by atoms with Crippen molar-refractivity contribution in [2.45, 2.75) is 48.5 Å². The lowest BCUT2D eigenvalue weighted by molar-refractivity contribution is 1.19. The summed E-state index contributed by atoms with van der Waals surface area (Å²) >= 11 is 0. The maximum atomic E-state index is 2.35. The molecule has 17 heavy (non-hydrogen) atoms. The van der Waals surface area contributed by atoms with Crippen molar-refractivity contribution in [1.82, 2.24) is 0 Å². The third-order valence-corrected chi connectivity index (χ3v) is 4.24. The third-order valence-electron chi connectivity index (χ3n) is 4.24. The van der Waals surface area contributed by atoms with Gasteiger partial charge in [-0.15, -0.1) is 0 Å². The smallest absolute Gasteiger partial charge is 0.00745 e. The van der Waals surface area contributed by atoms with Gasteiger partial charge in [0.2, 0.25) is 0 Å². The van der Waals surface area contributed by atoms with Crippen LogP contribution in [0.15, 0.2) is 11.1 Å². The predicted octanol–water partition coefficient (Wildman–Crippen LogP) is 5.13. The first-order valence-corrected chi connectivity index (χ1v) is 6.33. The average Bonchev–Trinajstić information content (AvgIpc) is 2.61. The predicted molar refractivity (Wildman–Crippen MR) is 77.3 cm³/mol. The lowest BCUT2D eigenvalue weighted by Gasteiger charge is -2.17. The van der Waals surface area contributed by atoms with E-state index in [1.165, 1.54) is 50.1 Å². The highest BCUT2D eigenvalue weighted by molar-refractivity contribution is 5.97. The van der Waals surface area contributed by atoms with Gasteiger partial charge < -0.3 is 0 Å². The largest absolute Gasteiger partial charge is 0.0683 e. The number of hydrogen-bond acceptors (Lipinski definition) is 0. The number of benzene rings is 1. The molecule has 0 fully saturated rings. The Hall–Kier alpha value is -1.30. The van der Waals surface area contributed by atoms with Gasteiger partial charge in [0.1, 0.15) is 0 Å². The minimum absolute atomic E-state index is 1.41. The van der Waals surface area contributed by atoms with Crippen LogP contribution >= 0.6 is 0 Å². The minimum Gasteiger partial charge on any atom is -0.0683 e. The Morgan fingerprint density at radius 3 is 1.82 bits per heavy atom. The van der Waals surface area contributed by atoms with Gasteiger partial charge in [-0.25, -0.2) is 0 Å². The molecular weight excluding hydrogens is 204 g/mol. The summed E-state index contributed by atoms with van der Waals surface area (Å²) < 4.78 is 0. The molecule has 2 rings (SSSR count). The second-order valence-electron chi connectivity index (χ2n) is 5.49. The van der Waals surface area contributed by atoms with Crippen LogP contribution in [-0.4, -0.2) is 0 Å². The van der Waals surface area contributed by atoms with Crippen LogP contribution < -0.4 is 0 Å². The Bertz CT molecular complexity index is 562. The maximum Gasteiger partial charge on any atom is -0.00745 e. The molecule has 0 amide bonds. The van der Waals surface area contributed by atoms with Crippen LogP contribution in [0.25, 0.3) is 11.6 Å². The molecule has 90 valence electrons. The van der Waals surface area contributed by atoms with E-state index >= 15 is 0 Å². The topological polar surface area (TPSA) is 0 Å². The summed E-state index contributed by atoms with van der Waals surface area (Å²) in [7, 11) is 0. The van der Waals surface area contributed by atoms with E-state index in [1.54, 1.807) is 0 Å². The van der Waals surface area contributed by atoms with E-state index in [0.717, 1.165) is 0 Å². The fraction of sp³-hybridized carbons (Fsp3) is 0.412. The lowest BCUT2D eigenvalue weighted by Crippen LogP contribution is -1.99. The minimum atomic E-state index is 1.41. The molecule has 0 spiro atoms. The molecule has 0 bridgehead atoms. The summed E-state index contributed by atoms with van der Waals surface area (Å²) in [4.78, 5) is 0. The number of fused-ring (bicyclic) bond motifs is 1. The summed E-state index contributed by atoms with van der Waals surface area (Å²) in [6.45, 7) is 15.6. The monoisotopic (exact) mass is 226 g/mol. The summed E-state index contributed by atoms with van der Waals surface area (Å²) in [5, 5.41) is 0. The van der Waals surface area contributed by atoms with Crippen LogP contribution in [0, 0.1) is 27.7 Å². The number of hydrogen-bond donors (Lipinski definition) is 0. The van der Waals surface area contributed by atoms with Crippen molar-refractivity contribution < 1.29 is 0 Å². The molecule has 0 N–H and O–H groups in total. The van der Waals surface area contributed by atoms with Crippen LogP contribution in [-0.2, 0) is 0 Å². The zero-order valence-electron chi connectivity index (χ0n) is 12.1. The van der Waals surface area contributed by atoms with Crippen molar-refractivity contribution in [2.24, 2.45) is 0 Å². The van der Waals surface area contributed by atoms with Gasteiger partial charge in [-0.2, -0.15) is 0 Å². The molecule has 0 aromatic heterocycles. The summed E-state index contributed by atoms with van der Waals surface area (Å²) in [5.74, 6) is 0. The summed E-state index contributed by atoms with van der Waals surface area (Å²) in [5.41, 5.74) is 13.0. The second kappa shape index (κ2) is 3.87.